The molecule has 0 aliphatic rings. The maximum atomic E-state index is 6.12. The van der Waals surface area contributed by atoms with Crippen molar-refractivity contribution in [2.45, 2.75) is 6.54 Å². The Hall–Kier alpha value is -0.130. The summed E-state index contributed by atoms with van der Waals surface area (Å²) in [5.74, 6) is 0. The van der Waals surface area contributed by atoms with Gasteiger partial charge in [-0.05, 0) is 31.8 Å². The van der Waals surface area contributed by atoms with E-state index in [1.807, 2.05) is 32.3 Å². The van der Waals surface area contributed by atoms with Gasteiger partial charge in [-0.15, -0.1) is 0 Å². The van der Waals surface area contributed by atoms with Crippen LogP contribution in [0.5, 0.6) is 0 Å². The number of likely N-dealkylation sites (N-methyl/N-ethyl adjacent to an activating group) is 1. The zero-order valence-corrected chi connectivity index (χ0v) is 13.2. The first-order valence-corrected chi connectivity index (χ1v) is 7.14. The van der Waals surface area contributed by atoms with Gasteiger partial charge < -0.3 is 15.0 Å². The first kappa shape index (κ1) is 15.9. The fraction of sp³-hybridized carbons (Fsp3) is 0.538. The summed E-state index contributed by atoms with van der Waals surface area (Å²) in [5.41, 5.74) is 1.10. The Morgan fingerprint density at radius 2 is 2.11 bits per heavy atom. The molecule has 0 spiro atoms. The average Bonchev–Trinajstić information content (AvgIpc) is 2.30. The van der Waals surface area contributed by atoms with Crippen molar-refractivity contribution in [3.63, 3.8) is 0 Å². The number of nitrogens with zero attached hydrogens (tertiary/aromatic N) is 1. The number of hydrogen-bond acceptors (Lipinski definition) is 3. The Morgan fingerprint density at radius 3 is 2.78 bits per heavy atom. The quantitative estimate of drug-likeness (QED) is 0.739. The molecule has 0 heterocycles. The third-order valence-electron chi connectivity index (χ3n) is 2.44. The molecule has 1 N–H and O–H groups in total. The van der Waals surface area contributed by atoms with Crippen LogP contribution in [0.15, 0.2) is 22.7 Å². The lowest BCUT2D eigenvalue weighted by atomic mass is 10.2. The predicted octanol–water partition coefficient (Wildman–Crippen LogP) is 2.77. The zero-order chi connectivity index (χ0) is 13.4. The van der Waals surface area contributed by atoms with Gasteiger partial charge in [0.05, 0.1) is 13.2 Å². The standard InChI is InChI=1S/C13H20BrClN2O/c1-17(2)6-8-18-7-5-16-10-11-3-4-12(14)9-13(11)15/h3-4,9,16H,5-8,10H2,1-2H3. The van der Waals surface area contributed by atoms with Gasteiger partial charge in [-0.1, -0.05) is 33.6 Å². The first-order chi connectivity index (χ1) is 8.59. The van der Waals surface area contributed by atoms with Gasteiger partial charge in [0.2, 0.25) is 0 Å². The van der Waals surface area contributed by atoms with E-state index in [1.165, 1.54) is 0 Å². The van der Waals surface area contributed by atoms with E-state index in [9.17, 15) is 0 Å². The highest BCUT2D eigenvalue weighted by Crippen LogP contribution is 2.20. The van der Waals surface area contributed by atoms with Gasteiger partial charge in [0.25, 0.3) is 0 Å². The minimum Gasteiger partial charge on any atom is -0.379 e. The molecule has 0 atom stereocenters. The number of rotatable bonds is 8. The van der Waals surface area contributed by atoms with Crippen molar-refractivity contribution >= 4 is 27.5 Å². The van der Waals surface area contributed by atoms with E-state index in [2.05, 4.69) is 26.1 Å². The van der Waals surface area contributed by atoms with Crippen LogP contribution in [0, 0.1) is 0 Å². The second-order valence-electron chi connectivity index (χ2n) is 4.33. The van der Waals surface area contributed by atoms with E-state index in [1.54, 1.807) is 0 Å². The van der Waals surface area contributed by atoms with E-state index in [0.29, 0.717) is 0 Å². The Balaban J connectivity index is 2.11. The Morgan fingerprint density at radius 1 is 1.33 bits per heavy atom. The summed E-state index contributed by atoms with van der Waals surface area (Å²) in [6, 6.07) is 5.93. The van der Waals surface area contributed by atoms with E-state index in [-0.39, 0.29) is 0 Å². The summed E-state index contributed by atoms with van der Waals surface area (Å²) in [7, 11) is 4.08. The monoisotopic (exact) mass is 334 g/mol. The molecule has 0 unspecified atom stereocenters. The first-order valence-electron chi connectivity index (χ1n) is 5.96. The van der Waals surface area contributed by atoms with Gasteiger partial charge >= 0.3 is 0 Å². The molecule has 5 heteroatoms. The summed E-state index contributed by atoms with van der Waals surface area (Å²) in [6.45, 7) is 4.05. The number of ether oxygens (including phenoxy) is 1. The number of benzene rings is 1. The molecular weight excluding hydrogens is 316 g/mol. The molecule has 1 rings (SSSR count). The highest BCUT2D eigenvalue weighted by atomic mass is 79.9. The Bertz CT molecular complexity index is 361. The molecule has 0 saturated heterocycles. The number of nitrogens with one attached hydrogen (secondary N) is 1. The van der Waals surface area contributed by atoms with Crippen LogP contribution in [-0.2, 0) is 11.3 Å². The van der Waals surface area contributed by atoms with Crippen LogP contribution in [0.1, 0.15) is 5.56 Å². The average molecular weight is 336 g/mol. The van der Waals surface area contributed by atoms with Crippen molar-refractivity contribution in [1.29, 1.82) is 0 Å². The third kappa shape index (κ3) is 6.71. The van der Waals surface area contributed by atoms with Gasteiger partial charge in [-0.25, -0.2) is 0 Å². The molecule has 0 bridgehead atoms. The van der Waals surface area contributed by atoms with Gasteiger partial charge in [0.15, 0.2) is 0 Å². The molecule has 0 aromatic heterocycles. The van der Waals surface area contributed by atoms with Crippen LogP contribution in [0.25, 0.3) is 0 Å². The van der Waals surface area contributed by atoms with E-state index >= 15 is 0 Å². The van der Waals surface area contributed by atoms with Crippen molar-refractivity contribution in [3.05, 3.63) is 33.3 Å². The SMILES string of the molecule is CN(C)CCOCCNCc1ccc(Br)cc1Cl. The second-order valence-corrected chi connectivity index (χ2v) is 5.65. The summed E-state index contributed by atoms with van der Waals surface area (Å²) >= 11 is 9.51. The normalized spacial score (nSPS) is 11.2. The van der Waals surface area contributed by atoms with Crippen LogP contribution in [0.2, 0.25) is 5.02 Å². The number of halogens is 2. The fourth-order valence-electron chi connectivity index (χ4n) is 1.38. The largest absolute Gasteiger partial charge is 0.379 e. The molecule has 0 saturated carbocycles. The molecule has 0 amide bonds. The van der Waals surface area contributed by atoms with Gasteiger partial charge in [0.1, 0.15) is 0 Å². The second kappa shape index (κ2) is 8.88. The zero-order valence-electron chi connectivity index (χ0n) is 10.9. The van der Waals surface area contributed by atoms with Crippen LogP contribution in [-0.4, -0.2) is 45.3 Å². The number of hydrogen-bond donors (Lipinski definition) is 1. The summed E-state index contributed by atoms with van der Waals surface area (Å²) in [5, 5.41) is 4.09. The predicted molar refractivity (Wildman–Crippen MR) is 80.2 cm³/mol. The molecule has 3 nitrogen and oxygen atoms in total. The molecular formula is C13H20BrClN2O. The smallest absolute Gasteiger partial charge is 0.0593 e. The Labute approximate surface area is 123 Å². The van der Waals surface area contributed by atoms with Crippen LogP contribution in [0.4, 0.5) is 0 Å². The summed E-state index contributed by atoms with van der Waals surface area (Å²) < 4.78 is 6.49. The topological polar surface area (TPSA) is 24.5 Å². The molecule has 0 aliphatic heterocycles. The lowest BCUT2D eigenvalue weighted by Crippen LogP contribution is -2.23. The molecule has 102 valence electrons. The third-order valence-corrected chi connectivity index (χ3v) is 3.28. The van der Waals surface area contributed by atoms with Crippen LogP contribution >= 0.6 is 27.5 Å². The minimum absolute atomic E-state index is 0.724. The van der Waals surface area contributed by atoms with E-state index in [0.717, 1.165) is 47.9 Å². The Kier molecular flexibility index (Phi) is 7.86. The van der Waals surface area contributed by atoms with Gasteiger partial charge in [-0.3, -0.25) is 0 Å². The van der Waals surface area contributed by atoms with Gasteiger partial charge in [-0.2, -0.15) is 0 Å². The molecule has 1 aromatic carbocycles. The fourth-order valence-corrected chi connectivity index (χ4v) is 2.12. The maximum absolute atomic E-state index is 6.12. The van der Waals surface area contributed by atoms with E-state index < -0.39 is 0 Å². The minimum atomic E-state index is 0.724. The molecule has 1 aromatic rings. The van der Waals surface area contributed by atoms with E-state index in [4.69, 9.17) is 16.3 Å². The van der Waals surface area contributed by atoms with Crippen molar-refractivity contribution in [3.8, 4) is 0 Å². The highest BCUT2D eigenvalue weighted by Gasteiger charge is 2.00. The summed E-state index contributed by atoms with van der Waals surface area (Å²) in [4.78, 5) is 2.11. The molecule has 0 fully saturated rings. The molecule has 0 radical (unpaired) electrons. The highest BCUT2D eigenvalue weighted by molar-refractivity contribution is 9.10. The lowest BCUT2D eigenvalue weighted by molar-refractivity contribution is 0.119. The maximum Gasteiger partial charge on any atom is 0.0593 e. The van der Waals surface area contributed by atoms with Crippen molar-refractivity contribution in [2.75, 3.05) is 40.4 Å². The van der Waals surface area contributed by atoms with Gasteiger partial charge in [0, 0.05) is 29.1 Å². The summed E-state index contributed by atoms with van der Waals surface area (Å²) in [6.07, 6.45) is 0. The van der Waals surface area contributed by atoms with Crippen molar-refractivity contribution in [1.82, 2.24) is 10.2 Å². The van der Waals surface area contributed by atoms with Crippen LogP contribution < -0.4 is 5.32 Å². The molecule has 0 aliphatic carbocycles. The molecule has 18 heavy (non-hydrogen) atoms. The van der Waals surface area contributed by atoms with Crippen LogP contribution in [0.3, 0.4) is 0 Å². The van der Waals surface area contributed by atoms with Crippen molar-refractivity contribution < 1.29 is 4.74 Å². The van der Waals surface area contributed by atoms with Crippen molar-refractivity contribution in [2.24, 2.45) is 0 Å². The lowest BCUT2D eigenvalue weighted by Gasteiger charge is -2.10.